The minimum Gasteiger partial charge on any atom is -0.492 e. The lowest BCUT2D eigenvalue weighted by molar-refractivity contribution is 0.0914. The van der Waals surface area contributed by atoms with Crippen molar-refractivity contribution in [3.05, 3.63) is 36.4 Å². The number of hydrogen-bond donors (Lipinski definition) is 1. The van der Waals surface area contributed by atoms with E-state index in [2.05, 4.69) is 5.48 Å². The highest BCUT2D eigenvalue weighted by Gasteiger charge is 2.17. The number of nitrogens with one attached hydrogen (secondary N) is 1. The van der Waals surface area contributed by atoms with Crippen LogP contribution in [0, 0.1) is 0 Å². The van der Waals surface area contributed by atoms with Gasteiger partial charge >= 0.3 is 0 Å². The van der Waals surface area contributed by atoms with Gasteiger partial charge in [-0.15, -0.1) is 0 Å². The Hall–Kier alpha value is -1.38. The smallest absolute Gasteiger partial charge is 0.141 e. The van der Waals surface area contributed by atoms with Gasteiger partial charge in [-0.05, 0) is 31.1 Å². The van der Waals surface area contributed by atoms with E-state index in [1.54, 1.807) is 12.5 Å². The van der Waals surface area contributed by atoms with Crippen LogP contribution in [-0.2, 0) is 9.57 Å². The lowest BCUT2D eigenvalue weighted by Crippen LogP contribution is -2.27. The minimum absolute atomic E-state index is 0.125. The number of rotatable bonds is 1. The second kappa shape index (κ2) is 3.34. The molecule has 1 atom stereocenters. The van der Waals surface area contributed by atoms with Gasteiger partial charge in [0.25, 0.3) is 0 Å². The molecule has 2 aliphatic heterocycles. The van der Waals surface area contributed by atoms with Crippen LogP contribution in [-0.4, -0.2) is 6.10 Å². The van der Waals surface area contributed by atoms with E-state index >= 15 is 0 Å². The second-order valence-electron chi connectivity index (χ2n) is 2.74. The van der Waals surface area contributed by atoms with Crippen LogP contribution >= 0.6 is 0 Å². The van der Waals surface area contributed by atoms with Gasteiger partial charge in [0.15, 0.2) is 0 Å². The van der Waals surface area contributed by atoms with Crippen molar-refractivity contribution < 1.29 is 9.57 Å². The monoisotopic (exact) mass is 165 g/mol. The van der Waals surface area contributed by atoms with Crippen LogP contribution in [0.2, 0.25) is 0 Å². The first-order chi connectivity index (χ1) is 5.97. The summed E-state index contributed by atoms with van der Waals surface area (Å²) in [5, 5.41) is 0. The van der Waals surface area contributed by atoms with Crippen molar-refractivity contribution >= 4 is 0 Å². The molecule has 0 fully saturated rings. The summed E-state index contributed by atoms with van der Waals surface area (Å²) in [6.45, 7) is 0. The zero-order valence-corrected chi connectivity index (χ0v) is 6.69. The minimum atomic E-state index is 0.125. The highest BCUT2D eigenvalue weighted by atomic mass is 16.6. The quantitative estimate of drug-likeness (QED) is 0.640. The third-order valence-electron chi connectivity index (χ3n) is 1.88. The van der Waals surface area contributed by atoms with E-state index in [1.807, 2.05) is 18.2 Å². The van der Waals surface area contributed by atoms with Gasteiger partial charge in [-0.2, -0.15) is 0 Å². The lowest BCUT2D eigenvalue weighted by atomic mass is 10.1. The van der Waals surface area contributed by atoms with E-state index in [0.717, 1.165) is 18.5 Å². The van der Waals surface area contributed by atoms with Crippen LogP contribution in [0.3, 0.4) is 0 Å². The van der Waals surface area contributed by atoms with Gasteiger partial charge in [0.1, 0.15) is 12.4 Å². The van der Waals surface area contributed by atoms with E-state index in [4.69, 9.17) is 9.57 Å². The Morgan fingerprint density at radius 3 is 3.08 bits per heavy atom. The van der Waals surface area contributed by atoms with Crippen LogP contribution in [0.5, 0.6) is 0 Å². The van der Waals surface area contributed by atoms with E-state index in [-0.39, 0.29) is 6.10 Å². The first kappa shape index (κ1) is 7.28. The molecule has 64 valence electrons. The van der Waals surface area contributed by atoms with Crippen molar-refractivity contribution in [1.29, 1.82) is 0 Å². The molecule has 0 saturated heterocycles. The predicted molar refractivity (Wildman–Crippen MR) is 44.7 cm³/mol. The van der Waals surface area contributed by atoms with Crippen molar-refractivity contribution in [2.75, 3.05) is 0 Å². The fraction of sp³-hybridized carbons (Fsp3) is 0.333. The van der Waals surface area contributed by atoms with E-state index < -0.39 is 0 Å². The first-order valence-corrected chi connectivity index (χ1v) is 4.06. The van der Waals surface area contributed by atoms with Crippen molar-refractivity contribution in [2.24, 2.45) is 0 Å². The molecular formula is C9H11NO2. The molecule has 0 bridgehead atoms. The second-order valence-corrected chi connectivity index (χ2v) is 2.74. The zero-order chi connectivity index (χ0) is 8.23. The highest BCUT2D eigenvalue weighted by molar-refractivity contribution is 5.16. The third kappa shape index (κ3) is 1.44. The predicted octanol–water partition coefficient (Wildman–Crippen LogP) is 1.61. The Kier molecular flexibility index (Phi) is 2.03. The number of hydrogen-bond acceptors (Lipinski definition) is 3. The SMILES string of the molecule is C1=CONC(C2CCC=CO2)=C1. The largest absolute Gasteiger partial charge is 0.492 e. The molecular weight excluding hydrogens is 154 g/mol. The van der Waals surface area contributed by atoms with Crippen molar-refractivity contribution in [1.82, 2.24) is 5.48 Å². The van der Waals surface area contributed by atoms with Crippen molar-refractivity contribution in [2.45, 2.75) is 18.9 Å². The molecule has 3 heteroatoms. The standard InChI is InChI=1S/C9H11NO2/c1-2-6-11-9(5-1)8-4-3-7-12-10-8/h2-4,6-7,9-10H,1,5H2. The molecule has 3 nitrogen and oxygen atoms in total. The molecule has 1 N–H and O–H groups in total. The maximum absolute atomic E-state index is 5.39. The summed E-state index contributed by atoms with van der Waals surface area (Å²) >= 11 is 0. The molecule has 0 spiro atoms. The van der Waals surface area contributed by atoms with Crippen molar-refractivity contribution in [3.8, 4) is 0 Å². The summed E-state index contributed by atoms with van der Waals surface area (Å²) in [7, 11) is 0. The Labute approximate surface area is 71.3 Å². The Bertz CT molecular complexity index is 243. The molecule has 0 saturated carbocycles. The lowest BCUT2D eigenvalue weighted by Gasteiger charge is -2.23. The summed E-state index contributed by atoms with van der Waals surface area (Å²) in [5.41, 5.74) is 3.79. The third-order valence-corrected chi connectivity index (χ3v) is 1.88. The summed E-state index contributed by atoms with van der Waals surface area (Å²) in [6.07, 6.45) is 11.4. The molecule has 12 heavy (non-hydrogen) atoms. The summed E-state index contributed by atoms with van der Waals surface area (Å²) < 4.78 is 5.39. The molecule has 0 aromatic heterocycles. The Morgan fingerprint density at radius 2 is 2.42 bits per heavy atom. The molecule has 0 radical (unpaired) electrons. The summed E-state index contributed by atoms with van der Waals surface area (Å²) in [6, 6.07) is 0. The Balaban J connectivity index is 2.03. The van der Waals surface area contributed by atoms with E-state index in [0.29, 0.717) is 0 Å². The van der Waals surface area contributed by atoms with Crippen LogP contribution < -0.4 is 5.48 Å². The van der Waals surface area contributed by atoms with Crippen LogP contribution in [0.4, 0.5) is 0 Å². The molecule has 1 unspecified atom stereocenters. The highest BCUT2D eigenvalue weighted by Crippen LogP contribution is 2.17. The average Bonchev–Trinajstić information content (AvgIpc) is 2.21. The van der Waals surface area contributed by atoms with Gasteiger partial charge in [-0.3, -0.25) is 0 Å². The fourth-order valence-electron chi connectivity index (χ4n) is 1.25. The molecule has 2 aliphatic rings. The maximum Gasteiger partial charge on any atom is 0.141 e. The fourth-order valence-corrected chi connectivity index (χ4v) is 1.25. The molecule has 2 rings (SSSR count). The van der Waals surface area contributed by atoms with Crippen molar-refractivity contribution in [3.63, 3.8) is 0 Å². The number of ether oxygens (including phenoxy) is 1. The normalized spacial score (nSPS) is 26.7. The van der Waals surface area contributed by atoms with Gasteiger partial charge in [0.2, 0.25) is 0 Å². The topological polar surface area (TPSA) is 30.5 Å². The molecule has 0 aromatic carbocycles. The first-order valence-electron chi connectivity index (χ1n) is 4.06. The van der Waals surface area contributed by atoms with Gasteiger partial charge < -0.3 is 9.57 Å². The van der Waals surface area contributed by atoms with Gasteiger partial charge in [-0.1, -0.05) is 0 Å². The summed E-state index contributed by atoms with van der Waals surface area (Å²) in [4.78, 5) is 4.93. The molecule has 2 heterocycles. The zero-order valence-electron chi connectivity index (χ0n) is 6.69. The number of hydroxylamine groups is 1. The van der Waals surface area contributed by atoms with Crippen LogP contribution in [0.25, 0.3) is 0 Å². The van der Waals surface area contributed by atoms with E-state index in [9.17, 15) is 0 Å². The van der Waals surface area contributed by atoms with Crippen LogP contribution in [0.1, 0.15) is 12.8 Å². The summed E-state index contributed by atoms with van der Waals surface area (Å²) in [5.74, 6) is 0. The molecule has 0 aliphatic carbocycles. The van der Waals surface area contributed by atoms with E-state index in [1.165, 1.54) is 0 Å². The maximum atomic E-state index is 5.39. The number of allylic oxidation sites excluding steroid dienone is 3. The van der Waals surface area contributed by atoms with Gasteiger partial charge in [0.05, 0.1) is 12.0 Å². The Morgan fingerprint density at radius 1 is 1.42 bits per heavy atom. The molecule has 0 amide bonds. The average molecular weight is 165 g/mol. The van der Waals surface area contributed by atoms with Crippen LogP contribution in [0.15, 0.2) is 36.4 Å². The van der Waals surface area contributed by atoms with Gasteiger partial charge in [0, 0.05) is 0 Å². The molecule has 0 aromatic rings. The van der Waals surface area contributed by atoms with Gasteiger partial charge in [-0.25, -0.2) is 5.48 Å².